The highest BCUT2D eigenvalue weighted by Crippen LogP contribution is 2.33. The van der Waals surface area contributed by atoms with Crippen LogP contribution < -0.4 is 5.32 Å². The first-order chi connectivity index (χ1) is 8.11. The van der Waals surface area contributed by atoms with Crippen LogP contribution in [0, 0.1) is 6.92 Å². The van der Waals surface area contributed by atoms with E-state index in [1.165, 1.54) is 15.3 Å². The Morgan fingerprint density at radius 1 is 1.29 bits per heavy atom. The van der Waals surface area contributed by atoms with Gasteiger partial charge in [-0.05, 0) is 49.9 Å². The van der Waals surface area contributed by atoms with Gasteiger partial charge in [0.15, 0.2) is 0 Å². The summed E-state index contributed by atoms with van der Waals surface area (Å²) in [6.45, 7) is 2.12. The van der Waals surface area contributed by atoms with Gasteiger partial charge >= 0.3 is 0 Å². The number of hydrogen-bond acceptors (Lipinski definition) is 2. The van der Waals surface area contributed by atoms with Crippen molar-refractivity contribution in [1.29, 1.82) is 0 Å². The monoisotopic (exact) mass is 329 g/mol. The molecule has 1 aromatic carbocycles. The van der Waals surface area contributed by atoms with E-state index in [1.54, 1.807) is 11.3 Å². The summed E-state index contributed by atoms with van der Waals surface area (Å²) in [7, 11) is 1.97. The van der Waals surface area contributed by atoms with Crippen LogP contribution in [0.4, 0.5) is 0 Å². The van der Waals surface area contributed by atoms with E-state index in [0.29, 0.717) is 0 Å². The molecule has 90 valence electrons. The Morgan fingerprint density at radius 2 is 2.06 bits per heavy atom. The van der Waals surface area contributed by atoms with Crippen molar-refractivity contribution in [3.05, 3.63) is 55.1 Å². The van der Waals surface area contributed by atoms with Gasteiger partial charge in [0.05, 0.1) is 6.04 Å². The second-order valence-corrected chi connectivity index (χ2v) is 6.45. The lowest BCUT2D eigenvalue weighted by atomic mass is 10.1. The molecule has 0 aliphatic carbocycles. The first-order valence-electron chi connectivity index (χ1n) is 5.30. The maximum atomic E-state index is 6.07. The topological polar surface area (TPSA) is 12.0 Å². The van der Waals surface area contributed by atoms with E-state index in [2.05, 4.69) is 40.3 Å². The van der Waals surface area contributed by atoms with Gasteiger partial charge in [-0.1, -0.05) is 27.5 Å². The number of aryl methyl sites for hydroxylation is 1. The summed E-state index contributed by atoms with van der Waals surface area (Å²) in [5, 5.41) is 4.10. The molecule has 17 heavy (non-hydrogen) atoms. The largest absolute Gasteiger partial charge is 0.309 e. The molecule has 1 nitrogen and oxygen atoms in total. The van der Waals surface area contributed by atoms with Crippen molar-refractivity contribution in [2.24, 2.45) is 0 Å². The van der Waals surface area contributed by atoms with Gasteiger partial charge in [0.1, 0.15) is 0 Å². The van der Waals surface area contributed by atoms with Crippen LogP contribution in [0.1, 0.15) is 21.4 Å². The molecule has 1 atom stereocenters. The molecule has 1 unspecified atom stereocenters. The Labute approximate surface area is 119 Å². The smallest absolute Gasteiger partial charge is 0.0680 e. The highest BCUT2D eigenvalue weighted by molar-refractivity contribution is 9.10. The molecule has 4 heteroatoms. The Kier molecular flexibility index (Phi) is 4.26. The minimum absolute atomic E-state index is 0.182. The molecule has 1 heterocycles. The molecular formula is C13H13BrClNS. The van der Waals surface area contributed by atoms with E-state index in [1.807, 2.05) is 25.2 Å². The molecule has 1 N–H and O–H groups in total. The first-order valence-corrected chi connectivity index (χ1v) is 7.29. The molecule has 0 saturated carbocycles. The van der Waals surface area contributed by atoms with Gasteiger partial charge in [-0.3, -0.25) is 0 Å². The second kappa shape index (κ2) is 5.53. The summed E-state index contributed by atoms with van der Waals surface area (Å²) in [4.78, 5) is 2.62. The zero-order chi connectivity index (χ0) is 12.4. The standard InChI is InChI=1S/C13H13BrClNS/c1-8-3-6-12(17-8)13(16-2)10-7-9(15)4-5-11(10)14/h3-7,13,16H,1-2H3. The minimum Gasteiger partial charge on any atom is -0.309 e. The lowest BCUT2D eigenvalue weighted by Gasteiger charge is -2.17. The second-order valence-electron chi connectivity index (χ2n) is 3.84. The van der Waals surface area contributed by atoms with Gasteiger partial charge in [-0.2, -0.15) is 0 Å². The summed E-state index contributed by atoms with van der Waals surface area (Å²) in [5.41, 5.74) is 1.17. The fourth-order valence-corrected chi connectivity index (χ4v) is 3.46. The Hall–Kier alpha value is -0.350. The molecule has 0 fully saturated rings. The first kappa shape index (κ1) is 13.1. The van der Waals surface area contributed by atoms with Crippen LogP contribution in [0.2, 0.25) is 5.02 Å². The molecule has 0 amide bonds. The van der Waals surface area contributed by atoms with Crippen molar-refractivity contribution in [1.82, 2.24) is 5.32 Å². The van der Waals surface area contributed by atoms with Gasteiger partial charge in [-0.25, -0.2) is 0 Å². The van der Waals surface area contributed by atoms with Crippen molar-refractivity contribution in [2.45, 2.75) is 13.0 Å². The number of nitrogens with one attached hydrogen (secondary N) is 1. The quantitative estimate of drug-likeness (QED) is 0.854. The lowest BCUT2D eigenvalue weighted by molar-refractivity contribution is 0.701. The molecule has 0 bridgehead atoms. The highest BCUT2D eigenvalue weighted by Gasteiger charge is 2.16. The molecule has 2 aromatic rings. The molecule has 0 saturated heterocycles. The van der Waals surface area contributed by atoms with Gasteiger partial charge < -0.3 is 5.32 Å². The third-order valence-corrected chi connectivity index (χ3v) is 4.63. The number of rotatable bonds is 3. The van der Waals surface area contributed by atoms with Crippen LogP contribution in [0.3, 0.4) is 0 Å². The molecule has 0 spiro atoms. The van der Waals surface area contributed by atoms with E-state index < -0.39 is 0 Å². The van der Waals surface area contributed by atoms with Crippen molar-refractivity contribution in [3.63, 3.8) is 0 Å². The number of thiophene rings is 1. The zero-order valence-corrected chi connectivity index (χ0v) is 12.8. The van der Waals surface area contributed by atoms with Gasteiger partial charge in [0.2, 0.25) is 0 Å². The Bertz CT molecular complexity index is 524. The Morgan fingerprint density at radius 3 is 2.65 bits per heavy atom. The van der Waals surface area contributed by atoms with Crippen LogP contribution >= 0.6 is 38.9 Å². The highest BCUT2D eigenvalue weighted by atomic mass is 79.9. The third kappa shape index (κ3) is 2.91. The fourth-order valence-electron chi connectivity index (χ4n) is 1.80. The van der Waals surface area contributed by atoms with E-state index >= 15 is 0 Å². The van der Waals surface area contributed by atoms with E-state index in [4.69, 9.17) is 11.6 Å². The van der Waals surface area contributed by atoms with E-state index in [-0.39, 0.29) is 6.04 Å². The van der Waals surface area contributed by atoms with Crippen LogP contribution in [0.25, 0.3) is 0 Å². The molecular weight excluding hydrogens is 318 g/mol. The summed E-state index contributed by atoms with van der Waals surface area (Å²) in [6, 6.07) is 10.4. The number of benzene rings is 1. The van der Waals surface area contributed by atoms with Gasteiger partial charge in [0, 0.05) is 19.2 Å². The average molecular weight is 331 g/mol. The van der Waals surface area contributed by atoms with Crippen molar-refractivity contribution in [2.75, 3.05) is 7.05 Å². The van der Waals surface area contributed by atoms with Crippen LogP contribution in [-0.4, -0.2) is 7.05 Å². The molecule has 0 aliphatic rings. The minimum atomic E-state index is 0.182. The SMILES string of the molecule is CNC(c1ccc(C)s1)c1cc(Cl)ccc1Br. The summed E-state index contributed by atoms with van der Waals surface area (Å²) in [5.74, 6) is 0. The predicted molar refractivity (Wildman–Crippen MR) is 79.1 cm³/mol. The summed E-state index contributed by atoms with van der Waals surface area (Å²) < 4.78 is 1.08. The van der Waals surface area contributed by atoms with Gasteiger partial charge in [-0.15, -0.1) is 11.3 Å². The lowest BCUT2D eigenvalue weighted by Crippen LogP contribution is -2.16. The number of halogens is 2. The summed E-state index contributed by atoms with van der Waals surface area (Å²) in [6.07, 6.45) is 0. The molecule has 0 aliphatic heterocycles. The fraction of sp³-hybridized carbons (Fsp3) is 0.231. The normalized spacial score (nSPS) is 12.7. The third-order valence-electron chi connectivity index (χ3n) is 2.60. The average Bonchev–Trinajstić information content (AvgIpc) is 2.71. The van der Waals surface area contributed by atoms with Crippen molar-refractivity contribution >= 4 is 38.9 Å². The summed E-state index contributed by atoms with van der Waals surface area (Å²) >= 11 is 11.5. The molecule has 0 radical (unpaired) electrons. The van der Waals surface area contributed by atoms with E-state index in [0.717, 1.165) is 9.50 Å². The maximum absolute atomic E-state index is 6.07. The van der Waals surface area contributed by atoms with Crippen molar-refractivity contribution < 1.29 is 0 Å². The Balaban J connectivity index is 2.45. The van der Waals surface area contributed by atoms with Crippen LogP contribution in [-0.2, 0) is 0 Å². The predicted octanol–water partition coefficient (Wildman–Crippen LogP) is 4.78. The molecule has 1 aromatic heterocycles. The van der Waals surface area contributed by atoms with E-state index in [9.17, 15) is 0 Å². The van der Waals surface area contributed by atoms with Gasteiger partial charge in [0.25, 0.3) is 0 Å². The van der Waals surface area contributed by atoms with Crippen molar-refractivity contribution in [3.8, 4) is 0 Å². The molecule has 2 rings (SSSR count). The van der Waals surface area contributed by atoms with Crippen LogP contribution in [0.5, 0.6) is 0 Å². The van der Waals surface area contributed by atoms with Crippen LogP contribution in [0.15, 0.2) is 34.8 Å². The zero-order valence-electron chi connectivity index (χ0n) is 9.63. The number of hydrogen-bond donors (Lipinski definition) is 1. The maximum Gasteiger partial charge on any atom is 0.0680 e.